The molecular formula is C25H35N5O3S. The summed E-state index contributed by atoms with van der Waals surface area (Å²) in [6.07, 6.45) is 2.87. The molecule has 8 nitrogen and oxygen atoms in total. The Hall–Kier alpha value is -2.49. The summed E-state index contributed by atoms with van der Waals surface area (Å²) in [7, 11) is 0. The molecule has 0 radical (unpaired) electrons. The molecule has 0 aromatic carbocycles. The lowest BCUT2D eigenvalue weighted by molar-refractivity contribution is -0.143. The zero-order valence-corrected chi connectivity index (χ0v) is 21.1. The van der Waals surface area contributed by atoms with E-state index in [4.69, 9.17) is 21.7 Å². The number of hydrogen-bond donors (Lipinski definition) is 1. The van der Waals surface area contributed by atoms with E-state index in [1.165, 1.54) is 11.4 Å². The first-order valence-electron chi connectivity index (χ1n) is 12.1. The van der Waals surface area contributed by atoms with Crippen LogP contribution in [0.1, 0.15) is 48.1 Å². The molecule has 0 aliphatic carbocycles. The number of morpholine rings is 1. The second-order valence-electron chi connectivity index (χ2n) is 8.85. The molecule has 2 saturated heterocycles. The normalized spacial score (nSPS) is 21.0. The van der Waals surface area contributed by atoms with Gasteiger partial charge in [0.25, 0.3) is 0 Å². The number of nitrogens with zero attached hydrogens (tertiary/aromatic N) is 4. The third-order valence-corrected chi connectivity index (χ3v) is 7.05. The quantitative estimate of drug-likeness (QED) is 0.430. The maximum Gasteiger partial charge on any atom is 0.325 e. The van der Waals surface area contributed by atoms with E-state index in [0.717, 1.165) is 57.1 Å². The standard InChI is InChI=1S/C25H35N5O3S/c1-4-33-22(31)17-30-24(23(27-25(30)34)21-8-5-6-9-26-21)20-16-18(2)29(19(20)3)11-7-10-28-12-14-32-15-13-28/h5-6,8-9,16,23-24H,4,7,10-15,17H2,1-3H3,(H,27,34). The highest BCUT2D eigenvalue weighted by Crippen LogP contribution is 2.40. The molecule has 2 fully saturated rings. The van der Waals surface area contributed by atoms with Crippen molar-refractivity contribution in [2.45, 2.75) is 45.8 Å². The summed E-state index contributed by atoms with van der Waals surface area (Å²) in [6, 6.07) is 7.83. The fourth-order valence-corrected chi connectivity index (χ4v) is 5.31. The van der Waals surface area contributed by atoms with E-state index in [0.29, 0.717) is 11.7 Å². The van der Waals surface area contributed by atoms with E-state index in [9.17, 15) is 4.79 Å². The topological polar surface area (TPSA) is 71.9 Å². The molecule has 0 saturated carbocycles. The number of esters is 1. The lowest BCUT2D eigenvalue weighted by atomic mass is 9.97. The van der Waals surface area contributed by atoms with Crippen molar-refractivity contribution < 1.29 is 14.3 Å². The van der Waals surface area contributed by atoms with Crippen molar-refractivity contribution in [3.05, 3.63) is 53.1 Å². The molecule has 0 bridgehead atoms. The Bertz CT molecular complexity index is 990. The second-order valence-corrected chi connectivity index (χ2v) is 9.23. The smallest absolute Gasteiger partial charge is 0.325 e. The number of rotatable bonds is 9. The van der Waals surface area contributed by atoms with E-state index in [1.807, 2.05) is 30.0 Å². The first kappa shape index (κ1) is 24.6. The van der Waals surface area contributed by atoms with Gasteiger partial charge >= 0.3 is 5.97 Å². The number of carbonyl (C=O) groups excluding carboxylic acids is 1. The van der Waals surface area contributed by atoms with Crippen LogP contribution < -0.4 is 5.32 Å². The number of hydrogen-bond acceptors (Lipinski definition) is 6. The van der Waals surface area contributed by atoms with Gasteiger partial charge in [-0.3, -0.25) is 14.7 Å². The van der Waals surface area contributed by atoms with Gasteiger partial charge in [0.1, 0.15) is 6.54 Å². The SMILES string of the molecule is CCOC(=O)CN1C(=S)NC(c2ccccn2)C1c1cc(C)n(CCCN2CCOCC2)c1C. The van der Waals surface area contributed by atoms with Crippen molar-refractivity contribution in [1.82, 2.24) is 24.7 Å². The summed E-state index contributed by atoms with van der Waals surface area (Å²) in [5, 5.41) is 3.96. The van der Waals surface area contributed by atoms with Gasteiger partial charge in [0.05, 0.1) is 37.6 Å². The van der Waals surface area contributed by atoms with E-state index < -0.39 is 0 Å². The summed E-state index contributed by atoms with van der Waals surface area (Å²) < 4.78 is 13.1. The second kappa shape index (κ2) is 11.3. The van der Waals surface area contributed by atoms with Crippen LogP contribution in [-0.4, -0.2) is 76.4 Å². The molecule has 184 valence electrons. The Morgan fingerprint density at radius 3 is 2.76 bits per heavy atom. The van der Waals surface area contributed by atoms with Crippen molar-refractivity contribution in [2.75, 3.05) is 46.0 Å². The molecule has 2 unspecified atom stereocenters. The molecule has 9 heteroatoms. The van der Waals surface area contributed by atoms with Crippen molar-refractivity contribution in [3.63, 3.8) is 0 Å². The van der Waals surface area contributed by atoms with Gasteiger partial charge in [-0.2, -0.15) is 0 Å². The van der Waals surface area contributed by atoms with E-state index in [2.05, 4.69) is 39.7 Å². The number of thiocarbonyl (C=S) groups is 1. The Kier molecular flexibility index (Phi) is 8.18. The van der Waals surface area contributed by atoms with E-state index in [-0.39, 0.29) is 24.6 Å². The number of aryl methyl sites for hydroxylation is 1. The highest BCUT2D eigenvalue weighted by molar-refractivity contribution is 7.80. The average Bonchev–Trinajstić information content (AvgIpc) is 3.31. The first-order chi connectivity index (χ1) is 16.5. The fourth-order valence-electron chi connectivity index (χ4n) is 5.01. The van der Waals surface area contributed by atoms with Crippen LogP contribution in [0.5, 0.6) is 0 Å². The minimum Gasteiger partial charge on any atom is -0.465 e. The Morgan fingerprint density at radius 2 is 2.06 bits per heavy atom. The zero-order valence-electron chi connectivity index (χ0n) is 20.3. The molecule has 0 amide bonds. The largest absolute Gasteiger partial charge is 0.465 e. The number of ether oxygens (including phenoxy) is 2. The number of nitrogens with one attached hydrogen (secondary N) is 1. The maximum absolute atomic E-state index is 12.4. The van der Waals surface area contributed by atoms with Crippen LogP contribution in [0.15, 0.2) is 30.5 Å². The molecular weight excluding hydrogens is 450 g/mol. The van der Waals surface area contributed by atoms with Crippen LogP contribution in [0.2, 0.25) is 0 Å². The zero-order chi connectivity index (χ0) is 24.1. The maximum atomic E-state index is 12.4. The van der Waals surface area contributed by atoms with Gasteiger partial charge in [-0.1, -0.05) is 6.07 Å². The molecule has 2 aliphatic heterocycles. The van der Waals surface area contributed by atoms with Crippen LogP contribution in [0.25, 0.3) is 0 Å². The van der Waals surface area contributed by atoms with E-state index in [1.54, 1.807) is 6.20 Å². The van der Waals surface area contributed by atoms with Crippen LogP contribution >= 0.6 is 12.2 Å². The average molecular weight is 486 g/mol. The molecule has 4 rings (SSSR count). The van der Waals surface area contributed by atoms with Crippen molar-refractivity contribution >= 4 is 23.3 Å². The van der Waals surface area contributed by atoms with Crippen molar-refractivity contribution in [3.8, 4) is 0 Å². The monoisotopic (exact) mass is 485 g/mol. The first-order valence-corrected chi connectivity index (χ1v) is 12.5. The van der Waals surface area contributed by atoms with Gasteiger partial charge in [0.15, 0.2) is 5.11 Å². The predicted molar refractivity (Wildman–Crippen MR) is 135 cm³/mol. The number of aromatic nitrogens is 2. The minimum atomic E-state index is -0.280. The van der Waals surface area contributed by atoms with Gasteiger partial charge in [-0.15, -0.1) is 0 Å². The van der Waals surface area contributed by atoms with E-state index >= 15 is 0 Å². The van der Waals surface area contributed by atoms with Crippen molar-refractivity contribution in [2.24, 2.45) is 0 Å². The lowest BCUT2D eigenvalue weighted by Crippen LogP contribution is -2.37. The molecule has 4 heterocycles. The minimum absolute atomic E-state index is 0.106. The predicted octanol–water partition coefficient (Wildman–Crippen LogP) is 2.76. The molecule has 34 heavy (non-hydrogen) atoms. The summed E-state index contributed by atoms with van der Waals surface area (Å²) in [5.41, 5.74) is 4.48. The molecule has 2 aromatic heterocycles. The van der Waals surface area contributed by atoms with Gasteiger partial charge in [-0.25, -0.2) is 0 Å². The van der Waals surface area contributed by atoms with Crippen LogP contribution in [0.4, 0.5) is 0 Å². The van der Waals surface area contributed by atoms with Crippen LogP contribution in [-0.2, 0) is 20.8 Å². The fraction of sp³-hybridized carbons (Fsp3) is 0.560. The van der Waals surface area contributed by atoms with Gasteiger partial charge < -0.3 is 24.3 Å². The number of pyridine rings is 1. The molecule has 2 atom stereocenters. The van der Waals surface area contributed by atoms with Crippen molar-refractivity contribution in [1.29, 1.82) is 0 Å². The summed E-state index contributed by atoms with van der Waals surface area (Å²) in [4.78, 5) is 21.4. The lowest BCUT2D eigenvalue weighted by Gasteiger charge is -2.28. The van der Waals surface area contributed by atoms with Crippen LogP contribution in [0.3, 0.4) is 0 Å². The van der Waals surface area contributed by atoms with Crippen LogP contribution in [0, 0.1) is 13.8 Å². The Labute approximate surface area is 207 Å². The molecule has 2 aromatic rings. The highest BCUT2D eigenvalue weighted by Gasteiger charge is 2.42. The third-order valence-electron chi connectivity index (χ3n) is 6.69. The summed E-state index contributed by atoms with van der Waals surface area (Å²) in [5.74, 6) is -0.280. The molecule has 1 N–H and O–H groups in total. The van der Waals surface area contributed by atoms with Gasteiger partial charge in [0, 0.05) is 43.8 Å². The molecule has 2 aliphatic rings. The van der Waals surface area contributed by atoms with Gasteiger partial charge in [0.2, 0.25) is 0 Å². The number of carbonyl (C=O) groups is 1. The third kappa shape index (κ3) is 5.42. The Balaban J connectivity index is 1.59. The summed E-state index contributed by atoms with van der Waals surface area (Å²) >= 11 is 5.68. The summed E-state index contributed by atoms with van der Waals surface area (Å²) in [6.45, 7) is 12.3. The Morgan fingerprint density at radius 1 is 1.26 bits per heavy atom. The van der Waals surface area contributed by atoms with Gasteiger partial charge in [-0.05, 0) is 63.2 Å². The molecule has 0 spiro atoms. The highest BCUT2D eigenvalue weighted by atomic mass is 32.1.